The summed E-state index contributed by atoms with van der Waals surface area (Å²) in [6, 6.07) is 12.3. The molecule has 0 aliphatic carbocycles. The van der Waals surface area contributed by atoms with Crippen molar-refractivity contribution in [1.29, 1.82) is 0 Å². The molecule has 0 unspecified atom stereocenters. The van der Waals surface area contributed by atoms with E-state index in [0.29, 0.717) is 48.6 Å². The Kier molecular flexibility index (Phi) is 7.34. The number of amides is 1. The fourth-order valence-electron chi connectivity index (χ4n) is 3.57. The molecule has 170 valence electrons. The summed E-state index contributed by atoms with van der Waals surface area (Å²) >= 11 is 1.32. The number of fused-ring (bicyclic) bond motifs is 1. The van der Waals surface area contributed by atoms with Crippen molar-refractivity contribution in [2.75, 3.05) is 50.9 Å². The SMILES string of the molecule is CC(C)c1ccc(OCC(=O)N(CCN2CCOCC2)c2nc3ccc(F)cc3s2)cc1. The van der Waals surface area contributed by atoms with Crippen LogP contribution in [-0.2, 0) is 9.53 Å². The maximum absolute atomic E-state index is 13.6. The van der Waals surface area contributed by atoms with Crippen molar-refractivity contribution in [3.63, 3.8) is 0 Å². The van der Waals surface area contributed by atoms with Crippen LogP contribution in [0, 0.1) is 5.82 Å². The van der Waals surface area contributed by atoms with E-state index in [1.807, 2.05) is 24.3 Å². The van der Waals surface area contributed by atoms with Crippen molar-refractivity contribution in [3.05, 3.63) is 53.8 Å². The molecule has 0 bridgehead atoms. The lowest BCUT2D eigenvalue weighted by Crippen LogP contribution is -2.44. The molecular weight excluding hydrogens is 429 g/mol. The first kappa shape index (κ1) is 22.6. The van der Waals surface area contributed by atoms with E-state index in [-0.39, 0.29) is 18.3 Å². The lowest BCUT2D eigenvalue weighted by molar-refractivity contribution is -0.120. The minimum atomic E-state index is -0.313. The zero-order valence-corrected chi connectivity index (χ0v) is 19.2. The molecule has 1 fully saturated rings. The summed E-state index contributed by atoms with van der Waals surface area (Å²) in [5.74, 6) is 0.602. The highest BCUT2D eigenvalue weighted by Gasteiger charge is 2.22. The normalized spacial score (nSPS) is 14.8. The largest absolute Gasteiger partial charge is 0.484 e. The van der Waals surface area contributed by atoms with Gasteiger partial charge in [0.05, 0.1) is 23.4 Å². The summed E-state index contributed by atoms with van der Waals surface area (Å²) in [5.41, 5.74) is 1.90. The van der Waals surface area contributed by atoms with Crippen LogP contribution in [0.5, 0.6) is 5.75 Å². The average Bonchev–Trinajstić information content (AvgIpc) is 3.21. The zero-order valence-electron chi connectivity index (χ0n) is 18.4. The van der Waals surface area contributed by atoms with E-state index in [1.54, 1.807) is 11.0 Å². The molecule has 0 spiro atoms. The highest BCUT2D eigenvalue weighted by atomic mass is 32.1. The topological polar surface area (TPSA) is 54.9 Å². The molecule has 4 rings (SSSR count). The maximum atomic E-state index is 13.6. The van der Waals surface area contributed by atoms with Gasteiger partial charge in [0.1, 0.15) is 11.6 Å². The molecule has 0 atom stereocenters. The summed E-state index contributed by atoms with van der Waals surface area (Å²) < 4.78 is 25.6. The van der Waals surface area contributed by atoms with Crippen molar-refractivity contribution in [2.45, 2.75) is 19.8 Å². The standard InChI is InChI=1S/C24H28FN3O3S/c1-17(2)18-3-6-20(7-4-18)31-16-23(29)28(10-9-27-11-13-30-14-12-27)24-26-21-8-5-19(25)15-22(21)32-24/h3-8,15,17H,9-14,16H2,1-2H3. The van der Waals surface area contributed by atoms with Gasteiger partial charge in [-0.1, -0.05) is 37.3 Å². The van der Waals surface area contributed by atoms with Crippen LogP contribution in [0.3, 0.4) is 0 Å². The molecule has 8 heteroatoms. The van der Waals surface area contributed by atoms with Gasteiger partial charge in [0.25, 0.3) is 5.91 Å². The van der Waals surface area contributed by atoms with Crippen molar-refractivity contribution in [3.8, 4) is 5.75 Å². The highest BCUT2D eigenvalue weighted by Crippen LogP contribution is 2.29. The Labute approximate surface area is 191 Å². The number of ether oxygens (including phenoxy) is 2. The Balaban J connectivity index is 1.48. The first-order valence-corrected chi connectivity index (χ1v) is 11.7. The average molecular weight is 458 g/mol. The number of nitrogens with zero attached hydrogens (tertiary/aromatic N) is 3. The first-order chi connectivity index (χ1) is 15.5. The molecule has 6 nitrogen and oxygen atoms in total. The van der Waals surface area contributed by atoms with E-state index in [1.165, 1.54) is 29.0 Å². The summed E-state index contributed by atoms with van der Waals surface area (Å²) in [5, 5.41) is 0.558. The summed E-state index contributed by atoms with van der Waals surface area (Å²) in [7, 11) is 0. The fraction of sp³-hybridized carbons (Fsp3) is 0.417. The van der Waals surface area contributed by atoms with E-state index < -0.39 is 0 Å². The van der Waals surface area contributed by atoms with Gasteiger partial charge in [0.15, 0.2) is 11.7 Å². The zero-order chi connectivity index (χ0) is 22.5. The molecule has 2 heterocycles. The second-order valence-corrected chi connectivity index (χ2v) is 9.13. The van der Waals surface area contributed by atoms with E-state index in [2.05, 4.69) is 23.7 Å². The number of morpholine rings is 1. The second kappa shape index (κ2) is 10.4. The Morgan fingerprint density at radius 1 is 1.22 bits per heavy atom. The minimum Gasteiger partial charge on any atom is -0.484 e. The quantitative estimate of drug-likeness (QED) is 0.505. The number of benzene rings is 2. The lowest BCUT2D eigenvalue weighted by atomic mass is 10.0. The fourth-order valence-corrected chi connectivity index (χ4v) is 4.60. The molecule has 32 heavy (non-hydrogen) atoms. The molecule has 1 aliphatic heterocycles. The molecule has 1 aromatic heterocycles. The summed E-state index contributed by atoms with van der Waals surface area (Å²) in [6.45, 7) is 8.45. The van der Waals surface area contributed by atoms with Crippen molar-refractivity contribution in [1.82, 2.24) is 9.88 Å². The van der Waals surface area contributed by atoms with Gasteiger partial charge in [-0.25, -0.2) is 9.37 Å². The molecule has 0 radical (unpaired) electrons. The lowest BCUT2D eigenvalue weighted by Gasteiger charge is -2.29. The number of carbonyl (C=O) groups excluding carboxylic acids is 1. The number of aromatic nitrogens is 1. The number of hydrogen-bond acceptors (Lipinski definition) is 6. The number of rotatable bonds is 8. The summed E-state index contributed by atoms with van der Waals surface area (Å²) in [6.07, 6.45) is 0. The van der Waals surface area contributed by atoms with Crippen LogP contribution in [0.2, 0.25) is 0 Å². The third-order valence-corrected chi connectivity index (χ3v) is 6.56. The van der Waals surface area contributed by atoms with Crippen molar-refractivity contribution in [2.24, 2.45) is 0 Å². The predicted molar refractivity (Wildman–Crippen MR) is 125 cm³/mol. The van der Waals surface area contributed by atoms with E-state index in [9.17, 15) is 9.18 Å². The van der Waals surface area contributed by atoms with Crippen LogP contribution in [0.15, 0.2) is 42.5 Å². The van der Waals surface area contributed by atoms with Gasteiger partial charge in [-0.15, -0.1) is 0 Å². The predicted octanol–water partition coefficient (Wildman–Crippen LogP) is 4.30. The van der Waals surface area contributed by atoms with Crippen LogP contribution in [0.4, 0.5) is 9.52 Å². The maximum Gasteiger partial charge on any atom is 0.266 e. The number of carbonyl (C=O) groups is 1. The van der Waals surface area contributed by atoms with Crippen molar-refractivity contribution < 1.29 is 18.7 Å². The van der Waals surface area contributed by atoms with E-state index >= 15 is 0 Å². The molecule has 3 aromatic rings. The second-order valence-electron chi connectivity index (χ2n) is 8.12. The molecule has 1 amide bonds. The van der Waals surface area contributed by atoms with Gasteiger partial charge in [0.2, 0.25) is 0 Å². The van der Waals surface area contributed by atoms with E-state index in [0.717, 1.165) is 17.8 Å². The van der Waals surface area contributed by atoms with Gasteiger partial charge in [0, 0.05) is 26.2 Å². The van der Waals surface area contributed by atoms with Crippen LogP contribution in [0.25, 0.3) is 10.2 Å². The van der Waals surface area contributed by atoms with Gasteiger partial charge >= 0.3 is 0 Å². The number of hydrogen-bond donors (Lipinski definition) is 0. The third-order valence-electron chi connectivity index (χ3n) is 5.52. The Morgan fingerprint density at radius 3 is 2.69 bits per heavy atom. The van der Waals surface area contributed by atoms with Crippen LogP contribution < -0.4 is 9.64 Å². The Bertz CT molecular complexity index is 1050. The van der Waals surface area contributed by atoms with Gasteiger partial charge < -0.3 is 9.47 Å². The van der Waals surface area contributed by atoms with Crippen molar-refractivity contribution >= 4 is 32.6 Å². The van der Waals surface area contributed by atoms with Crippen LogP contribution in [0.1, 0.15) is 25.3 Å². The number of thiazole rings is 1. The van der Waals surface area contributed by atoms with Gasteiger partial charge in [-0.3, -0.25) is 14.6 Å². The smallest absolute Gasteiger partial charge is 0.266 e. The molecule has 1 aliphatic rings. The van der Waals surface area contributed by atoms with E-state index in [4.69, 9.17) is 9.47 Å². The molecule has 2 aromatic carbocycles. The minimum absolute atomic E-state index is 0.0889. The molecule has 0 N–H and O–H groups in total. The molecule has 0 saturated carbocycles. The number of halogens is 1. The Morgan fingerprint density at radius 2 is 1.97 bits per heavy atom. The summed E-state index contributed by atoms with van der Waals surface area (Å²) in [4.78, 5) is 21.7. The van der Waals surface area contributed by atoms with Crippen LogP contribution in [-0.4, -0.2) is 61.8 Å². The first-order valence-electron chi connectivity index (χ1n) is 10.9. The van der Waals surface area contributed by atoms with Gasteiger partial charge in [-0.2, -0.15) is 0 Å². The monoisotopic (exact) mass is 457 g/mol. The molecular formula is C24H28FN3O3S. The third kappa shape index (κ3) is 5.62. The van der Waals surface area contributed by atoms with Gasteiger partial charge in [-0.05, 0) is 41.8 Å². The Hall–Kier alpha value is -2.55. The highest BCUT2D eigenvalue weighted by molar-refractivity contribution is 7.22. The number of anilines is 1. The van der Waals surface area contributed by atoms with Crippen LogP contribution >= 0.6 is 11.3 Å². The molecule has 1 saturated heterocycles.